The highest BCUT2D eigenvalue weighted by Crippen LogP contribution is 2.06. The van der Waals surface area contributed by atoms with Gasteiger partial charge in [0.2, 0.25) is 0 Å². The lowest BCUT2D eigenvalue weighted by Gasteiger charge is -2.13. The molecule has 0 aromatic carbocycles. The van der Waals surface area contributed by atoms with Crippen molar-refractivity contribution in [1.29, 1.82) is 0 Å². The molecule has 0 amide bonds. The molecular weight excluding hydrogens is 128 g/mol. The van der Waals surface area contributed by atoms with E-state index >= 15 is 0 Å². The summed E-state index contributed by atoms with van der Waals surface area (Å²) in [7, 11) is 1.25. The van der Waals surface area contributed by atoms with Crippen molar-refractivity contribution in [2.24, 2.45) is 17.4 Å². The van der Waals surface area contributed by atoms with Crippen LogP contribution in [0.25, 0.3) is 0 Å². The molecule has 0 saturated carbocycles. The first-order valence-electron chi connectivity index (χ1n) is 3.66. The molecule has 0 rings (SSSR count). The van der Waals surface area contributed by atoms with Gasteiger partial charge in [-0.15, -0.1) is 0 Å². The summed E-state index contributed by atoms with van der Waals surface area (Å²) in [5, 5.41) is 0. The van der Waals surface area contributed by atoms with E-state index in [2.05, 4.69) is 0 Å². The Kier molecular flexibility index (Phi) is 5.04. The van der Waals surface area contributed by atoms with Crippen molar-refractivity contribution in [1.82, 2.24) is 0 Å². The fourth-order valence-electron chi connectivity index (χ4n) is 0.955. The lowest BCUT2D eigenvalue weighted by Crippen LogP contribution is -2.24. The zero-order chi connectivity index (χ0) is 7.28. The number of hydrogen-bond acceptors (Lipinski definition) is 2. The molecule has 0 aromatic rings. The van der Waals surface area contributed by atoms with Gasteiger partial charge in [0.05, 0.1) is 0 Å². The summed E-state index contributed by atoms with van der Waals surface area (Å²) in [5.41, 5.74) is 11.1. The van der Waals surface area contributed by atoms with Crippen molar-refractivity contribution in [2.75, 3.05) is 6.54 Å². The first-order valence-corrected chi connectivity index (χ1v) is 5.07. The molecule has 2 atom stereocenters. The second-order valence-corrected chi connectivity index (χ2v) is 3.54. The summed E-state index contributed by atoms with van der Waals surface area (Å²) in [6.45, 7) is 2.85. The Labute approximate surface area is 60.4 Å². The fraction of sp³-hybridized carbons (Fsp3) is 1.00. The van der Waals surface area contributed by atoms with E-state index in [-0.39, 0.29) is 0 Å². The van der Waals surface area contributed by atoms with Gasteiger partial charge in [0.15, 0.2) is 0 Å². The zero-order valence-corrected chi connectivity index (χ0v) is 8.43. The Bertz CT molecular complexity index is 62.1. The predicted molar refractivity (Wildman–Crippen MR) is 45.6 cm³/mol. The van der Waals surface area contributed by atoms with Crippen molar-refractivity contribution < 1.29 is 0 Å². The second-order valence-electron chi connectivity index (χ2n) is 2.72. The van der Waals surface area contributed by atoms with Gasteiger partial charge in [0.1, 0.15) is 0 Å². The van der Waals surface area contributed by atoms with Crippen LogP contribution in [0.2, 0.25) is 6.04 Å². The van der Waals surface area contributed by atoms with Gasteiger partial charge in [-0.2, -0.15) is 0 Å². The van der Waals surface area contributed by atoms with Gasteiger partial charge in [-0.3, -0.25) is 0 Å². The molecule has 0 aromatic heterocycles. The summed E-state index contributed by atoms with van der Waals surface area (Å²) < 4.78 is 0. The van der Waals surface area contributed by atoms with Crippen LogP contribution in [0.5, 0.6) is 0 Å². The summed E-state index contributed by atoms with van der Waals surface area (Å²) in [5.74, 6) is 0.691. The van der Waals surface area contributed by atoms with Crippen molar-refractivity contribution in [3.63, 3.8) is 0 Å². The average Bonchev–Trinajstić information content (AvgIpc) is 1.82. The van der Waals surface area contributed by atoms with Crippen molar-refractivity contribution in [3.8, 4) is 0 Å². The van der Waals surface area contributed by atoms with Crippen LogP contribution in [0.4, 0.5) is 0 Å². The van der Waals surface area contributed by atoms with Gasteiger partial charge in [-0.05, 0) is 25.8 Å². The number of hydrogen-bond donors (Lipinski definition) is 2. The van der Waals surface area contributed by atoms with Crippen LogP contribution in [-0.2, 0) is 0 Å². The molecule has 0 aliphatic rings. The molecule has 3 heteroatoms. The van der Waals surface area contributed by atoms with Gasteiger partial charge in [0, 0.05) is 16.3 Å². The van der Waals surface area contributed by atoms with Crippen molar-refractivity contribution in [3.05, 3.63) is 0 Å². The standard InChI is InChI=1S/C6H18N2Si/c1-5(8)2-6(3-7)4-9/h5-6H,2-4,7-8H2,1,9H3. The van der Waals surface area contributed by atoms with Crippen LogP contribution in [-0.4, -0.2) is 22.8 Å². The molecule has 0 bridgehead atoms. The molecule has 2 nitrogen and oxygen atoms in total. The highest BCUT2D eigenvalue weighted by atomic mass is 28.1. The minimum Gasteiger partial charge on any atom is -0.330 e. The molecule has 4 N–H and O–H groups in total. The molecular formula is C6H18N2Si. The molecule has 9 heavy (non-hydrogen) atoms. The maximum atomic E-state index is 5.60. The van der Waals surface area contributed by atoms with Gasteiger partial charge in [-0.25, -0.2) is 0 Å². The minimum absolute atomic E-state index is 0.326. The van der Waals surface area contributed by atoms with Crippen LogP contribution in [0, 0.1) is 5.92 Å². The van der Waals surface area contributed by atoms with Crippen LogP contribution < -0.4 is 11.5 Å². The van der Waals surface area contributed by atoms with E-state index in [0.29, 0.717) is 12.0 Å². The minimum atomic E-state index is 0.326. The summed E-state index contributed by atoms with van der Waals surface area (Å²) in [6.07, 6.45) is 1.10. The van der Waals surface area contributed by atoms with E-state index in [4.69, 9.17) is 11.5 Å². The average molecular weight is 146 g/mol. The second kappa shape index (κ2) is 4.96. The molecule has 0 aliphatic carbocycles. The van der Waals surface area contributed by atoms with E-state index in [1.54, 1.807) is 0 Å². The first-order chi connectivity index (χ1) is 4.20. The Balaban J connectivity index is 3.31. The SMILES string of the molecule is CC(N)CC(CN)C[SiH3]. The molecule has 0 radical (unpaired) electrons. The highest BCUT2D eigenvalue weighted by molar-refractivity contribution is 6.08. The van der Waals surface area contributed by atoms with E-state index < -0.39 is 0 Å². The quantitative estimate of drug-likeness (QED) is 0.504. The van der Waals surface area contributed by atoms with Gasteiger partial charge < -0.3 is 11.5 Å². The Morgan fingerprint density at radius 3 is 2.22 bits per heavy atom. The summed E-state index contributed by atoms with van der Waals surface area (Å²) >= 11 is 0. The lowest BCUT2D eigenvalue weighted by molar-refractivity contribution is 0.491. The molecule has 0 fully saturated rings. The Morgan fingerprint density at radius 2 is 2.11 bits per heavy atom. The third-order valence-electron chi connectivity index (χ3n) is 1.62. The smallest absolute Gasteiger partial charge is 0.00321 e. The van der Waals surface area contributed by atoms with Gasteiger partial charge in [-0.1, -0.05) is 6.04 Å². The van der Waals surface area contributed by atoms with Crippen molar-refractivity contribution in [2.45, 2.75) is 25.4 Å². The normalized spacial score (nSPS) is 17.7. The Morgan fingerprint density at radius 1 is 1.56 bits per heavy atom. The maximum absolute atomic E-state index is 5.60. The predicted octanol–water partition coefficient (Wildman–Crippen LogP) is -0.918. The maximum Gasteiger partial charge on any atom is 0.00321 e. The molecule has 0 spiro atoms. The fourth-order valence-corrected chi connectivity index (χ4v) is 1.62. The van der Waals surface area contributed by atoms with E-state index in [1.165, 1.54) is 16.3 Å². The highest BCUT2D eigenvalue weighted by Gasteiger charge is 2.05. The lowest BCUT2D eigenvalue weighted by atomic mass is 10.0. The monoisotopic (exact) mass is 146 g/mol. The number of nitrogens with two attached hydrogens (primary N) is 2. The van der Waals surface area contributed by atoms with Crippen LogP contribution in [0.1, 0.15) is 13.3 Å². The van der Waals surface area contributed by atoms with Gasteiger partial charge >= 0.3 is 0 Å². The zero-order valence-electron chi connectivity index (χ0n) is 6.43. The van der Waals surface area contributed by atoms with E-state index in [1.807, 2.05) is 6.92 Å². The number of rotatable bonds is 4. The summed E-state index contributed by atoms with van der Waals surface area (Å²) in [6, 6.07) is 1.62. The van der Waals surface area contributed by atoms with E-state index in [9.17, 15) is 0 Å². The topological polar surface area (TPSA) is 52.0 Å². The van der Waals surface area contributed by atoms with E-state index in [0.717, 1.165) is 13.0 Å². The van der Waals surface area contributed by atoms with Crippen LogP contribution >= 0.6 is 0 Å². The van der Waals surface area contributed by atoms with Crippen molar-refractivity contribution >= 4 is 10.2 Å². The molecule has 0 saturated heterocycles. The summed E-state index contributed by atoms with van der Waals surface area (Å²) in [4.78, 5) is 0. The Hall–Kier alpha value is 0.137. The largest absolute Gasteiger partial charge is 0.330 e. The molecule has 0 heterocycles. The van der Waals surface area contributed by atoms with Crippen LogP contribution in [0.3, 0.4) is 0 Å². The van der Waals surface area contributed by atoms with Crippen LogP contribution in [0.15, 0.2) is 0 Å². The first kappa shape index (κ1) is 9.14. The molecule has 2 unspecified atom stereocenters. The molecule has 56 valence electrons. The third kappa shape index (κ3) is 4.63. The molecule has 0 aliphatic heterocycles. The van der Waals surface area contributed by atoms with Gasteiger partial charge in [0.25, 0.3) is 0 Å². The third-order valence-corrected chi connectivity index (χ3v) is 2.77.